The van der Waals surface area contributed by atoms with E-state index in [0.717, 1.165) is 17.7 Å². The summed E-state index contributed by atoms with van der Waals surface area (Å²) in [6.07, 6.45) is -4.88. The van der Waals surface area contributed by atoms with Gasteiger partial charge in [0.25, 0.3) is 10.0 Å². The quantitative estimate of drug-likeness (QED) is 0.308. The first kappa shape index (κ1) is 32.9. The molecule has 226 valence electrons. The summed E-state index contributed by atoms with van der Waals surface area (Å²) in [5.74, 6) is -1.28. The van der Waals surface area contributed by atoms with E-state index in [-0.39, 0.29) is 11.4 Å². The van der Waals surface area contributed by atoms with Gasteiger partial charge in [-0.25, -0.2) is 8.42 Å². The fourth-order valence-corrected chi connectivity index (χ4v) is 5.85. The number of alkyl halides is 3. The molecule has 0 bridgehead atoms. The maximum Gasteiger partial charge on any atom is 0.417 e. The van der Waals surface area contributed by atoms with Crippen molar-refractivity contribution >= 4 is 39.1 Å². The van der Waals surface area contributed by atoms with Crippen molar-refractivity contribution in [1.82, 2.24) is 10.2 Å². The summed E-state index contributed by atoms with van der Waals surface area (Å²) < 4.78 is 69.4. The second-order valence-corrected chi connectivity index (χ2v) is 13.2. The van der Waals surface area contributed by atoms with E-state index in [4.69, 9.17) is 11.6 Å². The van der Waals surface area contributed by atoms with Gasteiger partial charge in [-0.3, -0.25) is 13.9 Å². The number of aryl methyl sites for hydroxylation is 1. The van der Waals surface area contributed by atoms with E-state index < -0.39 is 62.4 Å². The second kappa shape index (κ2) is 12.7. The monoisotopic (exact) mass is 623 g/mol. The van der Waals surface area contributed by atoms with Crippen LogP contribution in [0, 0.1) is 6.92 Å². The maximum absolute atomic E-state index is 13.9. The average Bonchev–Trinajstić information content (AvgIpc) is 2.89. The highest BCUT2D eigenvalue weighted by Gasteiger charge is 2.37. The number of hydrogen-bond donors (Lipinski definition) is 1. The number of nitrogens with one attached hydrogen (secondary N) is 1. The molecule has 0 aliphatic rings. The number of rotatable bonds is 9. The standard InChI is InChI=1S/C30H33ClF3N3O4S/c1-20-10-9-11-22(16-20)18-36(21(2)28(39)35-29(3,4)5)27(38)19-37(42(40,41)24-12-7-6-8-13-24)23-14-15-26(31)25(17-23)30(32,33)34/h6-17,21H,18-19H2,1-5H3,(H,35,39)/t21-/m0/s1. The molecule has 2 amide bonds. The third-order valence-electron chi connectivity index (χ3n) is 6.25. The Morgan fingerprint density at radius 1 is 0.952 bits per heavy atom. The molecule has 0 fully saturated rings. The van der Waals surface area contributed by atoms with E-state index in [0.29, 0.717) is 15.9 Å². The Morgan fingerprint density at radius 2 is 1.60 bits per heavy atom. The molecule has 3 rings (SSSR count). The van der Waals surface area contributed by atoms with Crippen molar-refractivity contribution < 1.29 is 31.2 Å². The highest BCUT2D eigenvalue weighted by Crippen LogP contribution is 2.38. The van der Waals surface area contributed by atoms with Crippen molar-refractivity contribution in [2.45, 2.75) is 63.8 Å². The number of hydrogen-bond acceptors (Lipinski definition) is 4. The van der Waals surface area contributed by atoms with Gasteiger partial charge in [0.05, 0.1) is 21.2 Å². The number of sulfonamides is 1. The zero-order chi connectivity index (χ0) is 31.5. The Bertz CT molecular complexity index is 1540. The van der Waals surface area contributed by atoms with Gasteiger partial charge in [-0.05, 0) is 70.5 Å². The van der Waals surface area contributed by atoms with Gasteiger partial charge in [-0.1, -0.05) is 59.6 Å². The Kier molecular flexibility index (Phi) is 10.00. The van der Waals surface area contributed by atoms with E-state index in [9.17, 15) is 31.2 Å². The lowest BCUT2D eigenvalue weighted by molar-refractivity contribution is -0.140. The molecular weight excluding hydrogens is 591 g/mol. The Morgan fingerprint density at radius 3 is 2.17 bits per heavy atom. The van der Waals surface area contributed by atoms with Gasteiger partial charge in [-0.15, -0.1) is 0 Å². The minimum atomic E-state index is -4.88. The van der Waals surface area contributed by atoms with Gasteiger partial charge in [-0.2, -0.15) is 13.2 Å². The lowest BCUT2D eigenvalue weighted by Crippen LogP contribution is -2.54. The van der Waals surface area contributed by atoms with Crippen molar-refractivity contribution in [2.24, 2.45) is 0 Å². The third-order valence-corrected chi connectivity index (χ3v) is 8.37. The van der Waals surface area contributed by atoms with Crippen molar-refractivity contribution in [2.75, 3.05) is 10.8 Å². The van der Waals surface area contributed by atoms with E-state index in [1.54, 1.807) is 39.0 Å². The smallest absolute Gasteiger partial charge is 0.350 e. The predicted octanol–water partition coefficient (Wildman–Crippen LogP) is 6.19. The highest BCUT2D eigenvalue weighted by atomic mass is 35.5. The summed E-state index contributed by atoms with van der Waals surface area (Å²) in [6, 6.07) is 15.9. The zero-order valence-corrected chi connectivity index (χ0v) is 25.4. The molecule has 0 spiro atoms. The molecule has 1 N–H and O–H groups in total. The summed E-state index contributed by atoms with van der Waals surface area (Å²) in [5, 5.41) is 2.20. The molecule has 0 heterocycles. The largest absolute Gasteiger partial charge is 0.417 e. The summed E-state index contributed by atoms with van der Waals surface area (Å²) in [5.41, 5.74) is -0.699. The number of nitrogens with zero attached hydrogens (tertiary/aromatic N) is 2. The van der Waals surface area contributed by atoms with Crippen molar-refractivity contribution in [3.8, 4) is 0 Å². The average molecular weight is 624 g/mol. The third kappa shape index (κ3) is 8.25. The van der Waals surface area contributed by atoms with Crippen LogP contribution in [0.15, 0.2) is 77.7 Å². The zero-order valence-electron chi connectivity index (χ0n) is 23.9. The van der Waals surface area contributed by atoms with Gasteiger partial charge >= 0.3 is 6.18 Å². The van der Waals surface area contributed by atoms with E-state index in [2.05, 4.69) is 5.32 Å². The fraction of sp³-hybridized carbons (Fsp3) is 0.333. The first-order valence-corrected chi connectivity index (χ1v) is 14.8. The van der Waals surface area contributed by atoms with Crippen LogP contribution in [0.4, 0.5) is 18.9 Å². The second-order valence-electron chi connectivity index (χ2n) is 10.9. The summed E-state index contributed by atoms with van der Waals surface area (Å²) in [4.78, 5) is 28.1. The van der Waals surface area contributed by atoms with Crippen LogP contribution in [0.5, 0.6) is 0 Å². The van der Waals surface area contributed by atoms with Crippen molar-refractivity contribution in [3.05, 3.63) is 94.5 Å². The summed E-state index contributed by atoms with van der Waals surface area (Å²) in [7, 11) is -4.54. The molecule has 0 saturated heterocycles. The number of carbonyl (C=O) groups excluding carboxylic acids is 2. The number of anilines is 1. The van der Waals surface area contributed by atoms with Crippen LogP contribution in [0.2, 0.25) is 5.02 Å². The van der Waals surface area contributed by atoms with Crippen LogP contribution in [0.3, 0.4) is 0 Å². The molecule has 3 aromatic rings. The minimum absolute atomic E-state index is 0.0487. The minimum Gasteiger partial charge on any atom is -0.350 e. The summed E-state index contributed by atoms with van der Waals surface area (Å²) >= 11 is 5.80. The normalized spacial score (nSPS) is 12.9. The molecule has 0 saturated carbocycles. The number of benzene rings is 3. The molecule has 0 aliphatic carbocycles. The Labute approximate surface area is 249 Å². The molecule has 7 nitrogen and oxygen atoms in total. The number of halogens is 4. The van der Waals surface area contributed by atoms with Crippen LogP contribution in [0.1, 0.15) is 44.4 Å². The Hall–Kier alpha value is -3.57. The van der Waals surface area contributed by atoms with Crippen LogP contribution in [0.25, 0.3) is 0 Å². The van der Waals surface area contributed by atoms with Crippen LogP contribution >= 0.6 is 11.6 Å². The molecule has 0 unspecified atom stereocenters. The molecule has 0 aliphatic heterocycles. The lowest BCUT2D eigenvalue weighted by Gasteiger charge is -2.33. The van der Waals surface area contributed by atoms with Gasteiger partial charge < -0.3 is 10.2 Å². The highest BCUT2D eigenvalue weighted by molar-refractivity contribution is 7.92. The molecule has 0 aromatic heterocycles. The molecule has 12 heteroatoms. The van der Waals surface area contributed by atoms with Crippen LogP contribution in [-0.2, 0) is 32.3 Å². The molecule has 3 aromatic carbocycles. The maximum atomic E-state index is 13.9. The SMILES string of the molecule is Cc1cccc(CN(C(=O)CN(c2ccc(Cl)c(C(F)(F)F)c2)S(=O)(=O)c2ccccc2)[C@@H](C)C(=O)NC(C)(C)C)c1. The van der Waals surface area contributed by atoms with Gasteiger partial charge in [0.1, 0.15) is 12.6 Å². The van der Waals surface area contributed by atoms with Crippen LogP contribution < -0.4 is 9.62 Å². The first-order valence-electron chi connectivity index (χ1n) is 13.0. The molecule has 1 atom stereocenters. The number of carbonyl (C=O) groups is 2. The topological polar surface area (TPSA) is 86.8 Å². The van der Waals surface area contributed by atoms with Crippen molar-refractivity contribution in [1.29, 1.82) is 0 Å². The first-order chi connectivity index (χ1) is 19.4. The molecule has 0 radical (unpaired) electrons. The Balaban J connectivity index is 2.12. The van der Waals surface area contributed by atoms with E-state index >= 15 is 0 Å². The van der Waals surface area contributed by atoms with Crippen LogP contribution in [-0.4, -0.2) is 43.3 Å². The molecular formula is C30H33ClF3N3O4S. The summed E-state index contributed by atoms with van der Waals surface area (Å²) in [6.45, 7) is 7.76. The van der Waals surface area contributed by atoms with Gasteiger partial charge in [0.15, 0.2) is 0 Å². The fourth-order valence-electron chi connectivity index (χ4n) is 4.20. The number of amides is 2. The predicted molar refractivity (Wildman–Crippen MR) is 157 cm³/mol. The molecule has 42 heavy (non-hydrogen) atoms. The van der Waals surface area contributed by atoms with Gasteiger partial charge in [0, 0.05) is 12.1 Å². The lowest BCUT2D eigenvalue weighted by atomic mass is 10.1. The van der Waals surface area contributed by atoms with E-state index in [1.165, 1.54) is 36.1 Å². The van der Waals surface area contributed by atoms with Gasteiger partial charge in [0.2, 0.25) is 11.8 Å². The van der Waals surface area contributed by atoms with Crippen molar-refractivity contribution in [3.63, 3.8) is 0 Å². The van der Waals surface area contributed by atoms with E-state index in [1.807, 2.05) is 19.1 Å².